The fourth-order valence-electron chi connectivity index (χ4n) is 2.45. The Morgan fingerprint density at radius 1 is 1.36 bits per heavy atom. The molecule has 8 heteroatoms. The fourth-order valence-corrected chi connectivity index (χ4v) is 3.29. The van der Waals surface area contributed by atoms with E-state index in [1.54, 1.807) is 6.33 Å². The molecule has 2 rings (SSSR count). The smallest absolute Gasteiger partial charge is 0.321 e. The highest BCUT2D eigenvalue weighted by Gasteiger charge is 2.17. The second kappa shape index (κ2) is 8.17. The molecule has 1 saturated carbocycles. The van der Waals surface area contributed by atoms with Crippen molar-refractivity contribution in [3.63, 3.8) is 0 Å². The Labute approximate surface area is 134 Å². The summed E-state index contributed by atoms with van der Waals surface area (Å²) in [5.41, 5.74) is 0. The van der Waals surface area contributed by atoms with Gasteiger partial charge >= 0.3 is 6.03 Å². The van der Waals surface area contributed by atoms with Crippen LogP contribution in [0.4, 0.5) is 4.79 Å². The molecule has 0 unspecified atom stereocenters. The number of nitrogens with zero attached hydrogens (tertiary/aromatic N) is 3. The number of aromatic nitrogens is 3. The quantitative estimate of drug-likeness (QED) is 0.809. The van der Waals surface area contributed by atoms with Crippen molar-refractivity contribution < 1.29 is 9.59 Å². The number of thioether (sulfide) groups is 1. The predicted octanol–water partition coefficient (Wildman–Crippen LogP) is 2.11. The van der Waals surface area contributed by atoms with E-state index in [1.165, 1.54) is 18.2 Å². The number of hydrogen-bond donors (Lipinski definition) is 2. The average Bonchev–Trinajstić information content (AvgIpc) is 2.94. The van der Waals surface area contributed by atoms with Gasteiger partial charge in [-0.3, -0.25) is 10.1 Å². The Bertz CT molecular complexity index is 511. The Morgan fingerprint density at radius 3 is 2.77 bits per heavy atom. The van der Waals surface area contributed by atoms with Crippen LogP contribution in [-0.2, 0) is 4.79 Å². The highest BCUT2D eigenvalue weighted by Crippen LogP contribution is 2.18. The molecule has 1 aliphatic rings. The maximum atomic E-state index is 11.8. The van der Waals surface area contributed by atoms with Crippen molar-refractivity contribution in [1.29, 1.82) is 0 Å². The van der Waals surface area contributed by atoms with Crippen LogP contribution in [0.2, 0.25) is 0 Å². The van der Waals surface area contributed by atoms with Crippen molar-refractivity contribution >= 4 is 23.7 Å². The van der Waals surface area contributed by atoms with Crippen molar-refractivity contribution in [3.8, 4) is 0 Å². The Hall–Kier alpha value is -1.57. The molecule has 1 aromatic rings. The van der Waals surface area contributed by atoms with Crippen LogP contribution in [0, 0.1) is 0 Å². The summed E-state index contributed by atoms with van der Waals surface area (Å²) in [6.07, 6.45) is 7.13. The molecule has 1 fully saturated rings. The van der Waals surface area contributed by atoms with E-state index in [1.807, 2.05) is 18.4 Å². The van der Waals surface area contributed by atoms with Gasteiger partial charge in [-0.05, 0) is 26.7 Å². The number of imide groups is 1. The maximum Gasteiger partial charge on any atom is 0.321 e. The number of carbonyl (C=O) groups excluding carboxylic acids is 2. The summed E-state index contributed by atoms with van der Waals surface area (Å²) in [6, 6.07) is 0.0243. The second-order valence-electron chi connectivity index (χ2n) is 5.76. The molecule has 22 heavy (non-hydrogen) atoms. The van der Waals surface area contributed by atoms with Crippen LogP contribution >= 0.6 is 11.8 Å². The largest absolute Gasteiger partial charge is 0.335 e. The highest BCUT2D eigenvalue weighted by atomic mass is 32.2. The summed E-state index contributed by atoms with van der Waals surface area (Å²) in [5, 5.41) is 13.7. The molecule has 1 aromatic heterocycles. The molecule has 0 atom stereocenters. The molecule has 0 bridgehead atoms. The van der Waals surface area contributed by atoms with Gasteiger partial charge in [0, 0.05) is 12.1 Å². The summed E-state index contributed by atoms with van der Waals surface area (Å²) < 4.78 is 1.89. The lowest BCUT2D eigenvalue weighted by Gasteiger charge is -2.22. The van der Waals surface area contributed by atoms with E-state index in [0.717, 1.165) is 25.7 Å². The number of hydrogen-bond acceptors (Lipinski definition) is 5. The molecule has 1 aliphatic carbocycles. The number of carbonyl (C=O) groups is 2. The SMILES string of the molecule is CC(C)n1cnnc1SCC(=O)NC(=O)NC1CCCCC1. The van der Waals surface area contributed by atoms with E-state index < -0.39 is 6.03 Å². The highest BCUT2D eigenvalue weighted by molar-refractivity contribution is 7.99. The zero-order valence-electron chi connectivity index (χ0n) is 13.0. The normalized spacial score (nSPS) is 15.8. The fraction of sp³-hybridized carbons (Fsp3) is 0.714. The minimum absolute atomic E-state index is 0.142. The zero-order chi connectivity index (χ0) is 15.9. The van der Waals surface area contributed by atoms with Gasteiger partial charge in [0.1, 0.15) is 6.33 Å². The van der Waals surface area contributed by atoms with E-state index in [9.17, 15) is 9.59 Å². The Balaban J connectivity index is 1.73. The lowest BCUT2D eigenvalue weighted by molar-refractivity contribution is -0.117. The van der Waals surface area contributed by atoms with Crippen molar-refractivity contribution in [3.05, 3.63) is 6.33 Å². The van der Waals surface area contributed by atoms with Crippen molar-refractivity contribution in [2.24, 2.45) is 0 Å². The minimum Gasteiger partial charge on any atom is -0.335 e. The molecule has 1 heterocycles. The van der Waals surface area contributed by atoms with Gasteiger partial charge in [0.15, 0.2) is 5.16 Å². The standard InChI is InChI=1S/C14H23N5O2S/c1-10(2)19-9-15-18-14(19)22-8-12(20)17-13(21)16-11-6-4-3-5-7-11/h9-11H,3-8H2,1-2H3,(H2,16,17,20,21). The van der Waals surface area contributed by atoms with Crippen LogP contribution in [-0.4, -0.2) is 38.5 Å². The molecule has 0 spiro atoms. The van der Waals surface area contributed by atoms with Gasteiger partial charge in [0.05, 0.1) is 5.75 Å². The average molecular weight is 325 g/mol. The van der Waals surface area contributed by atoms with Crippen LogP contribution in [0.1, 0.15) is 52.0 Å². The van der Waals surface area contributed by atoms with Gasteiger partial charge in [0.2, 0.25) is 5.91 Å². The van der Waals surface area contributed by atoms with Crippen LogP contribution in [0.25, 0.3) is 0 Å². The minimum atomic E-state index is -0.400. The van der Waals surface area contributed by atoms with Crippen molar-refractivity contribution in [1.82, 2.24) is 25.4 Å². The van der Waals surface area contributed by atoms with E-state index in [-0.39, 0.29) is 23.7 Å². The third-order valence-corrected chi connectivity index (χ3v) is 4.58. The lowest BCUT2D eigenvalue weighted by atomic mass is 9.96. The van der Waals surface area contributed by atoms with Gasteiger partial charge < -0.3 is 9.88 Å². The molecule has 0 saturated heterocycles. The molecule has 7 nitrogen and oxygen atoms in total. The molecule has 0 radical (unpaired) electrons. The first kappa shape index (κ1) is 16.8. The van der Waals surface area contributed by atoms with Gasteiger partial charge in [-0.15, -0.1) is 10.2 Å². The summed E-state index contributed by atoms with van der Waals surface area (Å²) in [4.78, 5) is 23.6. The number of rotatable bonds is 5. The first-order valence-corrected chi connectivity index (χ1v) is 8.67. The molecule has 0 aliphatic heterocycles. The third kappa shape index (κ3) is 5.01. The molecule has 2 N–H and O–H groups in total. The van der Waals surface area contributed by atoms with Crippen molar-refractivity contribution in [2.45, 2.75) is 63.2 Å². The van der Waals surface area contributed by atoms with Gasteiger partial charge in [-0.25, -0.2) is 4.79 Å². The van der Waals surface area contributed by atoms with E-state index >= 15 is 0 Å². The zero-order valence-corrected chi connectivity index (χ0v) is 13.9. The van der Waals surface area contributed by atoms with Crippen LogP contribution in [0.3, 0.4) is 0 Å². The Morgan fingerprint density at radius 2 is 2.09 bits per heavy atom. The van der Waals surface area contributed by atoms with Crippen molar-refractivity contribution in [2.75, 3.05) is 5.75 Å². The Kier molecular flexibility index (Phi) is 6.23. The topological polar surface area (TPSA) is 88.9 Å². The van der Waals surface area contributed by atoms with E-state index in [0.29, 0.717) is 5.16 Å². The van der Waals surface area contributed by atoms with Gasteiger partial charge in [-0.2, -0.15) is 0 Å². The lowest BCUT2D eigenvalue weighted by Crippen LogP contribution is -2.45. The van der Waals surface area contributed by atoms with Gasteiger partial charge in [-0.1, -0.05) is 31.0 Å². The van der Waals surface area contributed by atoms with E-state index in [4.69, 9.17) is 0 Å². The van der Waals surface area contributed by atoms with Crippen LogP contribution in [0.15, 0.2) is 11.5 Å². The molecular weight excluding hydrogens is 302 g/mol. The second-order valence-corrected chi connectivity index (χ2v) is 6.70. The molecular formula is C14H23N5O2S. The molecule has 122 valence electrons. The molecule has 3 amide bonds. The third-order valence-electron chi connectivity index (χ3n) is 3.62. The summed E-state index contributed by atoms with van der Waals surface area (Å²) in [7, 11) is 0. The predicted molar refractivity (Wildman–Crippen MR) is 84.7 cm³/mol. The summed E-state index contributed by atoms with van der Waals surface area (Å²) >= 11 is 1.28. The summed E-state index contributed by atoms with van der Waals surface area (Å²) in [5.74, 6) is -0.180. The van der Waals surface area contributed by atoms with Gasteiger partial charge in [0.25, 0.3) is 0 Å². The first-order valence-electron chi connectivity index (χ1n) is 7.69. The van der Waals surface area contributed by atoms with E-state index in [2.05, 4.69) is 20.8 Å². The van der Waals surface area contributed by atoms with Crippen LogP contribution < -0.4 is 10.6 Å². The number of nitrogens with one attached hydrogen (secondary N) is 2. The monoisotopic (exact) mass is 325 g/mol. The van der Waals surface area contributed by atoms with Crippen LogP contribution in [0.5, 0.6) is 0 Å². The summed E-state index contributed by atoms with van der Waals surface area (Å²) in [6.45, 7) is 4.04. The molecule has 0 aromatic carbocycles. The number of urea groups is 1. The number of amides is 3. The maximum absolute atomic E-state index is 11.8. The first-order chi connectivity index (χ1) is 10.6.